The molecule has 0 saturated heterocycles. The van der Waals surface area contributed by atoms with Crippen molar-refractivity contribution in [1.82, 2.24) is 19.9 Å². The molecule has 0 aliphatic rings. The lowest BCUT2D eigenvalue weighted by Gasteiger charge is -2.03. The summed E-state index contributed by atoms with van der Waals surface area (Å²) in [5, 5.41) is 3.13. The Morgan fingerprint density at radius 1 is 1.25 bits per heavy atom. The maximum Gasteiger partial charge on any atom is 0.222 e. The first-order valence-electron chi connectivity index (χ1n) is 6.38. The van der Waals surface area contributed by atoms with E-state index in [2.05, 4.69) is 25.3 Å². The van der Waals surface area contributed by atoms with E-state index in [0.29, 0.717) is 24.4 Å². The third-order valence-electron chi connectivity index (χ3n) is 2.93. The normalized spacial score (nSPS) is 10.9. The maximum atomic E-state index is 13.1. The number of anilines is 1. The lowest BCUT2D eigenvalue weighted by molar-refractivity contribution is 0.629. The highest BCUT2D eigenvalue weighted by molar-refractivity contribution is 5.74. The number of aryl methyl sites for hydroxylation is 1. The SMILES string of the molecule is Cc1ccnc(NCCc2nc3ccc(F)cc3[nH]2)n1. The molecule has 2 N–H and O–H groups in total. The van der Waals surface area contributed by atoms with Crippen molar-refractivity contribution in [3.8, 4) is 0 Å². The van der Waals surface area contributed by atoms with Gasteiger partial charge in [-0.25, -0.2) is 19.3 Å². The molecule has 0 bridgehead atoms. The van der Waals surface area contributed by atoms with Crippen molar-refractivity contribution in [3.05, 3.63) is 47.8 Å². The summed E-state index contributed by atoms with van der Waals surface area (Å²) >= 11 is 0. The zero-order chi connectivity index (χ0) is 13.9. The van der Waals surface area contributed by atoms with Gasteiger partial charge in [-0.3, -0.25) is 0 Å². The van der Waals surface area contributed by atoms with Gasteiger partial charge in [0, 0.05) is 24.9 Å². The van der Waals surface area contributed by atoms with Gasteiger partial charge in [-0.15, -0.1) is 0 Å². The minimum absolute atomic E-state index is 0.265. The minimum atomic E-state index is -0.265. The van der Waals surface area contributed by atoms with Gasteiger partial charge in [0.05, 0.1) is 11.0 Å². The standard InChI is InChI=1S/C14H14FN5/c1-9-4-6-16-14(18-9)17-7-5-13-19-11-3-2-10(15)8-12(11)20-13/h2-4,6,8H,5,7H2,1H3,(H,19,20)(H,16,17,18). The summed E-state index contributed by atoms with van der Waals surface area (Å²) in [4.78, 5) is 15.9. The molecule has 0 atom stereocenters. The molecule has 0 spiro atoms. The zero-order valence-corrected chi connectivity index (χ0v) is 11.0. The number of rotatable bonds is 4. The molecular weight excluding hydrogens is 257 g/mol. The van der Waals surface area contributed by atoms with Crippen LogP contribution in [0.5, 0.6) is 0 Å². The van der Waals surface area contributed by atoms with Gasteiger partial charge in [-0.1, -0.05) is 0 Å². The summed E-state index contributed by atoms with van der Waals surface area (Å²) in [6, 6.07) is 6.37. The first kappa shape index (κ1) is 12.5. The van der Waals surface area contributed by atoms with Crippen LogP contribution in [-0.2, 0) is 6.42 Å². The number of H-pyrrole nitrogens is 1. The Balaban J connectivity index is 1.65. The van der Waals surface area contributed by atoms with Gasteiger partial charge >= 0.3 is 0 Å². The lowest BCUT2D eigenvalue weighted by Crippen LogP contribution is -2.08. The number of fused-ring (bicyclic) bond motifs is 1. The molecule has 0 radical (unpaired) electrons. The molecule has 0 fully saturated rings. The first-order chi connectivity index (χ1) is 9.70. The van der Waals surface area contributed by atoms with Crippen LogP contribution in [0.15, 0.2) is 30.5 Å². The monoisotopic (exact) mass is 271 g/mol. The van der Waals surface area contributed by atoms with E-state index >= 15 is 0 Å². The van der Waals surface area contributed by atoms with E-state index < -0.39 is 0 Å². The van der Waals surface area contributed by atoms with Crippen molar-refractivity contribution >= 4 is 17.0 Å². The Hall–Kier alpha value is -2.50. The molecule has 0 aliphatic heterocycles. The molecule has 3 rings (SSSR count). The van der Waals surface area contributed by atoms with Gasteiger partial charge in [-0.2, -0.15) is 0 Å². The second kappa shape index (κ2) is 5.24. The van der Waals surface area contributed by atoms with Gasteiger partial charge in [0.2, 0.25) is 5.95 Å². The summed E-state index contributed by atoms with van der Waals surface area (Å²) < 4.78 is 13.1. The fourth-order valence-corrected chi connectivity index (χ4v) is 1.98. The van der Waals surface area contributed by atoms with Gasteiger partial charge in [0.25, 0.3) is 0 Å². The first-order valence-corrected chi connectivity index (χ1v) is 6.38. The summed E-state index contributed by atoms with van der Waals surface area (Å²) in [5.41, 5.74) is 2.40. The highest BCUT2D eigenvalue weighted by Crippen LogP contribution is 2.13. The highest BCUT2D eigenvalue weighted by Gasteiger charge is 2.04. The molecule has 2 aromatic heterocycles. The van der Waals surface area contributed by atoms with E-state index in [1.165, 1.54) is 12.1 Å². The van der Waals surface area contributed by atoms with E-state index in [4.69, 9.17) is 0 Å². The molecule has 1 aromatic carbocycles. The van der Waals surface area contributed by atoms with Crippen LogP contribution in [0.2, 0.25) is 0 Å². The Morgan fingerprint density at radius 3 is 3.00 bits per heavy atom. The second-order valence-electron chi connectivity index (χ2n) is 4.54. The lowest BCUT2D eigenvalue weighted by atomic mass is 10.3. The average molecular weight is 271 g/mol. The number of aromatic nitrogens is 4. The molecular formula is C14H14FN5. The molecule has 6 heteroatoms. The van der Waals surface area contributed by atoms with Crippen molar-refractivity contribution < 1.29 is 4.39 Å². The van der Waals surface area contributed by atoms with Crippen LogP contribution in [0.1, 0.15) is 11.5 Å². The van der Waals surface area contributed by atoms with Crippen LogP contribution in [0.4, 0.5) is 10.3 Å². The molecule has 20 heavy (non-hydrogen) atoms. The smallest absolute Gasteiger partial charge is 0.222 e. The molecule has 5 nitrogen and oxygen atoms in total. The predicted molar refractivity (Wildman–Crippen MR) is 75.0 cm³/mol. The van der Waals surface area contributed by atoms with Crippen LogP contribution < -0.4 is 5.32 Å². The van der Waals surface area contributed by atoms with Crippen LogP contribution in [0.25, 0.3) is 11.0 Å². The third-order valence-corrected chi connectivity index (χ3v) is 2.93. The van der Waals surface area contributed by atoms with Crippen LogP contribution in [-0.4, -0.2) is 26.5 Å². The fraction of sp³-hybridized carbons (Fsp3) is 0.214. The number of imidazole rings is 1. The number of benzene rings is 1. The van der Waals surface area contributed by atoms with Crippen molar-refractivity contribution in [2.75, 3.05) is 11.9 Å². The Morgan fingerprint density at radius 2 is 2.15 bits per heavy atom. The third kappa shape index (κ3) is 2.74. The summed E-state index contributed by atoms with van der Waals surface area (Å²) in [7, 11) is 0. The van der Waals surface area contributed by atoms with E-state index in [1.807, 2.05) is 13.0 Å². The van der Waals surface area contributed by atoms with Crippen molar-refractivity contribution in [1.29, 1.82) is 0 Å². The van der Waals surface area contributed by atoms with Gasteiger partial charge in [-0.05, 0) is 31.2 Å². The van der Waals surface area contributed by atoms with Crippen LogP contribution in [0, 0.1) is 12.7 Å². The van der Waals surface area contributed by atoms with Crippen molar-refractivity contribution in [2.45, 2.75) is 13.3 Å². The summed E-state index contributed by atoms with van der Waals surface area (Å²) in [6.45, 7) is 2.58. The molecule has 0 amide bonds. The summed E-state index contributed by atoms with van der Waals surface area (Å²) in [6.07, 6.45) is 2.40. The van der Waals surface area contributed by atoms with Crippen molar-refractivity contribution in [3.63, 3.8) is 0 Å². The minimum Gasteiger partial charge on any atom is -0.354 e. The van der Waals surface area contributed by atoms with Gasteiger partial charge < -0.3 is 10.3 Å². The maximum absolute atomic E-state index is 13.1. The Bertz CT molecular complexity index is 737. The zero-order valence-electron chi connectivity index (χ0n) is 11.0. The molecule has 102 valence electrons. The largest absolute Gasteiger partial charge is 0.354 e. The Kier molecular flexibility index (Phi) is 3.28. The number of nitrogens with one attached hydrogen (secondary N) is 2. The second-order valence-corrected chi connectivity index (χ2v) is 4.54. The highest BCUT2D eigenvalue weighted by atomic mass is 19.1. The Labute approximate surface area is 115 Å². The summed E-state index contributed by atoms with van der Waals surface area (Å²) in [5.74, 6) is 1.15. The van der Waals surface area contributed by atoms with Gasteiger partial charge in [0.1, 0.15) is 11.6 Å². The van der Waals surface area contributed by atoms with Gasteiger partial charge in [0.15, 0.2) is 0 Å². The topological polar surface area (TPSA) is 66.5 Å². The van der Waals surface area contributed by atoms with Crippen LogP contribution >= 0.6 is 0 Å². The van der Waals surface area contributed by atoms with E-state index in [9.17, 15) is 4.39 Å². The molecule has 3 aromatic rings. The molecule has 2 heterocycles. The van der Waals surface area contributed by atoms with Crippen molar-refractivity contribution in [2.24, 2.45) is 0 Å². The average Bonchev–Trinajstić information content (AvgIpc) is 2.80. The number of aromatic amines is 1. The van der Waals surface area contributed by atoms with Crippen LogP contribution in [0.3, 0.4) is 0 Å². The van der Waals surface area contributed by atoms with E-state index in [-0.39, 0.29) is 5.82 Å². The number of hydrogen-bond donors (Lipinski definition) is 2. The van der Waals surface area contributed by atoms with E-state index in [0.717, 1.165) is 17.0 Å². The quantitative estimate of drug-likeness (QED) is 0.765. The fourth-order valence-electron chi connectivity index (χ4n) is 1.98. The van der Waals surface area contributed by atoms with E-state index in [1.54, 1.807) is 12.3 Å². The number of nitrogens with zero attached hydrogens (tertiary/aromatic N) is 3. The molecule has 0 saturated carbocycles. The number of halogens is 1. The molecule has 0 unspecified atom stereocenters. The number of hydrogen-bond acceptors (Lipinski definition) is 4. The molecule has 0 aliphatic carbocycles. The predicted octanol–water partition coefficient (Wildman–Crippen LogP) is 2.46.